The van der Waals surface area contributed by atoms with Gasteiger partial charge in [0.05, 0.1) is 12.7 Å². The molecule has 0 amide bonds. The predicted octanol–water partition coefficient (Wildman–Crippen LogP) is 1.05. The maximum absolute atomic E-state index is 12.1. The average Bonchev–Trinajstić information content (AvgIpc) is 2.47. The number of hydrogen-bond donors (Lipinski definition) is 0. The second kappa shape index (κ2) is 8.42. The Morgan fingerprint density at radius 3 is 2.55 bits per heavy atom. The van der Waals surface area contributed by atoms with Crippen LogP contribution in [0.15, 0.2) is 24.3 Å². The molecule has 0 saturated heterocycles. The van der Waals surface area contributed by atoms with Gasteiger partial charge >= 0.3 is 0 Å². The number of thioether (sulfide) groups is 1. The zero-order valence-electron chi connectivity index (χ0n) is 12.7. The van der Waals surface area contributed by atoms with Crippen molar-refractivity contribution >= 4 is 33.0 Å². The van der Waals surface area contributed by atoms with Gasteiger partial charge < -0.3 is 4.55 Å². The molecule has 1 heterocycles. The largest absolute Gasteiger partial charge is 0.726 e. The van der Waals surface area contributed by atoms with Gasteiger partial charge in [-0.15, -0.1) is 0 Å². The molecular weight excluding hydrogens is 326 g/mol. The maximum atomic E-state index is 12.1. The number of likely N-dealkylation sites (N-methyl/N-ethyl adjacent to an activating group) is 1. The molecule has 122 valence electrons. The minimum absolute atomic E-state index is 0.192. The van der Waals surface area contributed by atoms with Crippen LogP contribution in [0.2, 0.25) is 0 Å². The molecule has 0 saturated carbocycles. The van der Waals surface area contributed by atoms with Gasteiger partial charge in [0, 0.05) is 6.42 Å². The molecular formula is C14H19NO5S2. The third kappa shape index (κ3) is 5.53. The van der Waals surface area contributed by atoms with Crippen molar-refractivity contribution in [2.24, 2.45) is 0 Å². The highest BCUT2D eigenvalue weighted by molar-refractivity contribution is 8.15. The Balaban J connectivity index is 0.000000346. The number of fused-ring (bicyclic) bond motifs is 1. The first-order valence-electron chi connectivity index (χ1n) is 6.65. The van der Waals surface area contributed by atoms with Crippen LogP contribution in [0, 0.1) is 0 Å². The minimum Gasteiger partial charge on any atom is -0.726 e. The molecule has 0 aromatic heterocycles. The first-order valence-corrected chi connectivity index (χ1v) is 8.97. The van der Waals surface area contributed by atoms with Crippen LogP contribution in [0.3, 0.4) is 0 Å². The van der Waals surface area contributed by atoms with E-state index in [1.165, 1.54) is 17.3 Å². The van der Waals surface area contributed by atoms with Crippen LogP contribution in [0.4, 0.5) is 0 Å². The summed E-state index contributed by atoms with van der Waals surface area (Å²) in [4.78, 5) is 12.1. The molecule has 0 bridgehead atoms. The van der Waals surface area contributed by atoms with E-state index in [4.69, 9.17) is 0 Å². The Morgan fingerprint density at radius 2 is 2.00 bits per heavy atom. The molecule has 0 radical (unpaired) electrons. The van der Waals surface area contributed by atoms with Crippen LogP contribution in [0.5, 0.6) is 0 Å². The van der Waals surface area contributed by atoms with Gasteiger partial charge in [-0.3, -0.25) is 8.98 Å². The van der Waals surface area contributed by atoms with Crippen LogP contribution >= 0.6 is 11.8 Å². The van der Waals surface area contributed by atoms with E-state index >= 15 is 0 Å². The highest BCUT2D eigenvalue weighted by Gasteiger charge is 2.28. The Morgan fingerprint density at radius 1 is 1.41 bits per heavy atom. The monoisotopic (exact) mass is 345 g/mol. The molecule has 2 rings (SSSR count). The van der Waals surface area contributed by atoms with Crippen molar-refractivity contribution in [2.75, 3.05) is 26.5 Å². The average molecular weight is 345 g/mol. The fraction of sp³-hybridized carbons (Fsp3) is 0.429. The summed E-state index contributed by atoms with van der Waals surface area (Å²) in [7, 11) is -1.60. The van der Waals surface area contributed by atoms with Crippen LogP contribution in [0.25, 0.3) is 0 Å². The summed E-state index contributed by atoms with van der Waals surface area (Å²) in [6.45, 7) is 2.94. The van der Waals surface area contributed by atoms with Gasteiger partial charge in [-0.2, -0.15) is 0 Å². The van der Waals surface area contributed by atoms with E-state index < -0.39 is 10.4 Å². The van der Waals surface area contributed by atoms with Gasteiger partial charge in [-0.05, 0) is 17.4 Å². The Bertz CT molecular complexity index is 668. The van der Waals surface area contributed by atoms with Crippen molar-refractivity contribution in [1.82, 2.24) is 0 Å². The number of hydrogen-bond acceptors (Lipinski definition) is 6. The first kappa shape index (κ1) is 18.8. The smallest absolute Gasteiger partial charge is 0.283 e. The number of rotatable bonds is 3. The summed E-state index contributed by atoms with van der Waals surface area (Å²) in [5, 5.41) is 0.192. The highest BCUT2D eigenvalue weighted by Crippen LogP contribution is 2.18. The number of carbonyl (C=O) groups excluding carboxylic acids is 1. The molecule has 6 nitrogen and oxygen atoms in total. The van der Waals surface area contributed by atoms with Crippen LogP contribution < -0.4 is 0 Å². The highest BCUT2D eigenvalue weighted by atomic mass is 32.3. The second-order valence-electron chi connectivity index (χ2n) is 4.47. The minimum atomic E-state index is -4.41. The zero-order valence-corrected chi connectivity index (χ0v) is 14.4. The molecule has 0 fully saturated rings. The third-order valence-corrected chi connectivity index (χ3v) is 4.20. The molecule has 22 heavy (non-hydrogen) atoms. The van der Waals surface area contributed by atoms with Crippen LogP contribution in [-0.4, -0.2) is 54.8 Å². The molecule has 0 unspecified atom stereocenters. The van der Waals surface area contributed by atoms with Gasteiger partial charge in [0.2, 0.25) is 10.4 Å². The lowest BCUT2D eigenvalue weighted by molar-refractivity contribution is -0.496. The lowest BCUT2D eigenvalue weighted by atomic mass is 9.97. The summed E-state index contributed by atoms with van der Waals surface area (Å²) in [5.74, 6) is 0.832. The summed E-state index contributed by atoms with van der Waals surface area (Å²) in [6.07, 6.45) is 1.03. The van der Waals surface area contributed by atoms with Gasteiger partial charge in [0.15, 0.2) is 0 Å². The predicted molar refractivity (Wildman–Crippen MR) is 85.2 cm³/mol. The summed E-state index contributed by atoms with van der Waals surface area (Å²) < 4.78 is 33.1. The Labute approximate surface area is 135 Å². The molecule has 8 heteroatoms. The second-order valence-corrected chi connectivity index (χ2v) is 6.86. The normalized spacial score (nSPS) is 14.0. The van der Waals surface area contributed by atoms with Crippen molar-refractivity contribution in [1.29, 1.82) is 0 Å². The molecule has 1 aliphatic rings. The van der Waals surface area contributed by atoms with Gasteiger partial charge in [0.1, 0.15) is 13.6 Å². The van der Waals surface area contributed by atoms with Gasteiger partial charge in [-0.1, -0.05) is 36.9 Å². The Kier molecular flexibility index (Phi) is 7.21. The first-order chi connectivity index (χ1) is 10.3. The van der Waals surface area contributed by atoms with E-state index in [-0.39, 0.29) is 5.12 Å². The lowest BCUT2D eigenvalue weighted by Crippen LogP contribution is -2.31. The van der Waals surface area contributed by atoms with E-state index in [1.807, 2.05) is 26.1 Å². The number of benzene rings is 1. The van der Waals surface area contributed by atoms with Crippen molar-refractivity contribution in [3.05, 3.63) is 35.4 Å². The quantitative estimate of drug-likeness (QED) is 0.462. The van der Waals surface area contributed by atoms with Crippen molar-refractivity contribution in [2.45, 2.75) is 13.3 Å². The van der Waals surface area contributed by atoms with Crippen molar-refractivity contribution in [3.8, 4) is 0 Å². The van der Waals surface area contributed by atoms with Crippen LogP contribution in [0.1, 0.15) is 18.1 Å². The third-order valence-electron chi connectivity index (χ3n) is 3.04. The van der Waals surface area contributed by atoms with Crippen molar-refractivity contribution < 1.29 is 26.5 Å². The molecule has 0 N–H and O–H groups in total. The number of nitrogens with zero attached hydrogens (tertiary/aromatic N) is 1. The van der Waals surface area contributed by atoms with Gasteiger partial charge in [-0.25, -0.2) is 13.0 Å². The molecule has 1 aliphatic heterocycles. The standard InChI is InChI=1S/C13H16NOS.CH4O4S/c1-3-16-13(15)12-11-7-5-4-6-10(11)8-9-14(12)2;1-5-6(2,3)4/h4-7H,3,8-9H2,1-2H3;1H3,(H,2,3,4)/q+1;/p-1. The molecule has 1 aromatic carbocycles. The summed E-state index contributed by atoms with van der Waals surface area (Å²) in [5.41, 5.74) is 3.27. The fourth-order valence-corrected chi connectivity index (χ4v) is 2.70. The summed E-state index contributed by atoms with van der Waals surface area (Å²) >= 11 is 1.39. The van der Waals surface area contributed by atoms with E-state index in [9.17, 15) is 17.8 Å². The van der Waals surface area contributed by atoms with Gasteiger partial charge in [0.25, 0.3) is 10.8 Å². The topological polar surface area (TPSA) is 86.5 Å². The van der Waals surface area contributed by atoms with Crippen molar-refractivity contribution in [3.63, 3.8) is 0 Å². The SMILES string of the molecule is CCSC(=O)C1=[N+](C)CCc2ccccc21.COS(=O)(=O)[O-]. The zero-order chi connectivity index (χ0) is 16.8. The summed E-state index contributed by atoms with van der Waals surface area (Å²) in [6, 6.07) is 8.21. The molecule has 0 atom stereocenters. The van der Waals surface area contributed by atoms with E-state index in [0.29, 0.717) is 0 Å². The Hall–Kier alpha value is -1.22. The van der Waals surface area contributed by atoms with E-state index in [1.54, 1.807) is 0 Å². The van der Waals surface area contributed by atoms with Crippen LogP contribution in [-0.2, 0) is 25.8 Å². The van der Waals surface area contributed by atoms with E-state index in [2.05, 4.69) is 20.9 Å². The molecule has 1 aromatic rings. The maximum Gasteiger partial charge on any atom is 0.283 e. The molecule has 0 spiro atoms. The fourth-order valence-electron chi connectivity index (χ4n) is 2.04. The lowest BCUT2D eigenvalue weighted by Gasteiger charge is -2.14. The van der Waals surface area contributed by atoms with E-state index in [0.717, 1.165) is 37.1 Å². The number of carbonyl (C=O) groups is 1. The molecule has 0 aliphatic carbocycles.